The molecule has 3 rings (SSSR count). The predicted molar refractivity (Wildman–Crippen MR) is 74.8 cm³/mol. The van der Waals surface area contributed by atoms with Crippen LogP contribution in [-0.2, 0) is 11.8 Å². The monoisotopic (exact) mass is 295 g/mol. The van der Waals surface area contributed by atoms with E-state index in [2.05, 4.69) is 10.4 Å². The largest absolute Gasteiger partial charge is 0.311 e. The SMILES string of the molecule is Cn1ncc2c1NC(=O)C[C@@H]2c1c(Cl)cccc1Cl. The molecule has 2 aromatic rings. The molecule has 0 radical (unpaired) electrons. The zero-order chi connectivity index (χ0) is 13.6. The number of hydrogen-bond donors (Lipinski definition) is 1. The summed E-state index contributed by atoms with van der Waals surface area (Å²) in [5.74, 6) is 0.493. The molecule has 0 fully saturated rings. The highest BCUT2D eigenvalue weighted by molar-refractivity contribution is 6.36. The summed E-state index contributed by atoms with van der Waals surface area (Å²) >= 11 is 12.5. The number of nitrogens with zero attached hydrogens (tertiary/aromatic N) is 2. The predicted octanol–water partition coefficient (Wildman–Crippen LogP) is 3.20. The fourth-order valence-corrected chi connectivity index (χ4v) is 3.10. The molecule has 0 unspecified atom stereocenters. The quantitative estimate of drug-likeness (QED) is 0.878. The van der Waals surface area contributed by atoms with Gasteiger partial charge in [-0.3, -0.25) is 9.48 Å². The number of amides is 1. The highest BCUT2D eigenvalue weighted by Gasteiger charge is 2.31. The number of carbonyl (C=O) groups excluding carboxylic acids is 1. The van der Waals surface area contributed by atoms with Crippen molar-refractivity contribution in [2.75, 3.05) is 5.32 Å². The van der Waals surface area contributed by atoms with Crippen LogP contribution in [0.4, 0.5) is 5.82 Å². The number of hydrogen-bond acceptors (Lipinski definition) is 2. The van der Waals surface area contributed by atoms with E-state index in [1.54, 1.807) is 36.1 Å². The molecule has 0 bridgehead atoms. The minimum absolute atomic E-state index is 0.0583. The first-order chi connectivity index (χ1) is 9.08. The third kappa shape index (κ3) is 2.01. The molecule has 1 aliphatic heterocycles. The van der Waals surface area contributed by atoms with Crippen LogP contribution >= 0.6 is 23.2 Å². The van der Waals surface area contributed by atoms with Gasteiger partial charge in [-0.1, -0.05) is 29.3 Å². The van der Waals surface area contributed by atoms with Gasteiger partial charge in [-0.05, 0) is 17.7 Å². The van der Waals surface area contributed by atoms with Crippen LogP contribution in [0.2, 0.25) is 10.0 Å². The molecule has 98 valence electrons. The molecule has 0 saturated carbocycles. The fraction of sp³-hybridized carbons (Fsp3) is 0.231. The average Bonchev–Trinajstić information content (AvgIpc) is 2.71. The highest BCUT2D eigenvalue weighted by Crippen LogP contribution is 2.42. The zero-order valence-corrected chi connectivity index (χ0v) is 11.7. The third-order valence-electron chi connectivity index (χ3n) is 3.34. The molecule has 1 N–H and O–H groups in total. The Kier molecular flexibility index (Phi) is 2.99. The van der Waals surface area contributed by atoms with Crippen molar-refractivity contribution < 1.29 is 4.79 Å². The molecule has 1 aliphatic rings. The standard InChI is InChI=1S/C13H11Cl2N3O/c1-18-13-8(6-16-18)7(5-11(19)17-13)12-9(14)3-2-4-10(12)15/h2-4,6-7H,5H2,1H3,(H,17,19)/t7-/m0/s1. The van der Waals surface area contributed by atoms with Gasteiger partial charge in [0.2, 0.25) is 5.91 Å². The van der Waals surface area contributed by atoms with Crippen LogP contribution in [0.3, 0.4) is 0 Å². The molecule has 4 nitrogen and oxygen atoms in total. The lowest BCUT2D eigenvalue weighted by Gasteiger charge is -2.24. The molecule has 0 aliphatic carbocycles. The summed E-state index contributed by atoms with van der Waals surface area (Å²) in [5, 5.41) is 8.15. The molecular weight excluding hydrogens is 285 g/mol. The van der Waals surface area contributed by atoms with E-state index >= 15 is 0 Å². The minimum Gasteiger partial charge on any atom is -0.311 e. The van der Waals surface area contributed by atoms with Gasteiger partial charge in [0.15, 0.2) is 0 Å². The Labute approximate surface area is 120 Å². The van der Waals surface area contributed by atoms with E-state index in [0.717, 1.165) is 11.1 Å². The van der Waals surface area contributed by atoms with Crippen molar-refractivity contribution >= 4 is 34.9 Å². The molecule has 6 heteroatoms. The summed E-state index contributed by atoms with van der Waals surface area (Å²) in [5.41, 5.74) is 1.73. The Morgan fingerprint density at radius 3 is 2.74 bits per heavy atom. The number of rotatable bonds is 1. The maximum Gasteiger partial charge on any atom is 0.226 e. The highest BCUT2D eigenvalue weighted by atomic mass is 35.5. The van der Waals surface area contributed by atoms with Gasteiger partial charge in [-0.2, -0.15) is 5.10 Å². The summed E-state index contributed by atoms with van der Waals surface area (Å²) in [6, 6.07) is 5.36. The number of anilines is 1. The molecule has 19 heavy (non-hydrogen) atoms. The lowest BCUT2D eigenvalue weighted by Crippen LogP contribution is -2.24. The second-order valence-electron chi connectivity index (χ2n) is 4.51. The van der Waals surface area contributed by atoms with E-state index in [4.69, 9.17) is 23.2 Å². The van der Waals surface area contributed by atoms with Gasteiger partial charge in [0.05, 0.1) is 6.20 Å². The Balaban J connectivity index is 2.18. The summed E-state index contributed by atoms with van der Waals surface area (Å²) in [7, 11) is 1.79. The number of nitrogens with one attached hydrogen (secondary N) is 1. The molecule has 0 saturated heterocycles. The van der Waals surface area contributed by atoms with Gasteiger partial charge in [0.25, 0.3) is 0 Å². The van der Waals surface area contributed by atoms with E-state index in [1.807, 2.05) is 0 Å². The molecule has 1 atom stereocenters. The second-order valence-corrected chi connectivity index (χ2v) is 5.33. The molecule has 1 aromatic heterocycles. The number of fused-ring (bicyclic) bond motifs is 1. The number of aromatic nitrogens is 2. The van der Waals surface area contributed by atoms with E-state index in [1.165, 1.54) is 0 Å². The van der Waals surface area contributed by atoms with Crippen molar-refractivity contribution in [1.29, 1.82) is 0 Å². The van der Waals surface area contributed by atoms with Crippen LogP contribution in [0.5, 0.6) is 0 Å². The van der Waals surface area contributed by atoms with E-state index in [9.17, 15) is 4.79 Å². The van der Waals surface area contributed by atoms with Gasteiger partial charge in [-0.15, -0.1) is 0 Å². The van der Waals surface area contributed by atoms with Gasteiger partial charge >= 0.3 is 0 Å². The van der Waals surface area contributed by atoms with E-state index < -0.39 is 0 Å². The molecule has 2 heterocycles. The fourth-order valence-electron chi connectivity index (χ4n) is 2.44. The molecule has 1 aromatic carbocycles. The molecule has 1 amide bonds. The number of benzene rings is 1. The number of halogens is 2. The van der Waals surface area contributed by atoms with Crippen LogP contribution in [0, 0.1) is 0 Å². The normalized spacial score (nSPS) is 18.1. The van der Waals surface area contributed by atoms with Crippen molar-refractivity contribution in [3.8, 4) is 0 Å². The van der Waals surface area contributed by atoms with E-state index in [0.29, 0.717) is 22.3 Å². The summed E-state index contributed by atoms with van der Waals surface area (Å²) < 4.78 is 1.64. The Bertz CT molecular complexity index is 646. The van der Waals surface area contributed by atoms with Crippen LogP contribution in [-0.4, -0.2) is 15.7 Å². The summed E-state index contributed by atoms with van der Waals surface area (Å²) in [4.78, 5) is 11.8. The summed E-state index contributed by atoms with van der Waals surface area (Å²) in [6.45, 7) is 0. The van der Waals surface area contributed by atoms with Crippen molar-refractivity contribution in [2.45, 2.75) is 12.3 Å². The van der Waals surface area contributed by atoms with Gasteiger partial charge in [0, 0.05) is 35.0 Å². The summed E-state index contributed by atoms with van der Waals surface area (Å²) in [6.07, 6.45) is 2.07. The first-order valence-electron chi connectivity index (χ1n) is 5.83. The van der Waals surface area contributed by atoms with Crippen molar-refractivity contribution in [3.05, 3.63) is 45.6 Å². The average molecular weight is 296 g/mol. The molecular formula is C13H11Cl2N3O. The van der Waals surface area contributed by atoms with Crippen molar-refractivity contribution in [2.24, 2.45) is 7.05 Å². The van der Waals surface area contributed by atoms with Crippen LogP contribution in [0.15, 0.2) is 24.4 Å². The van der Waals surface area contributed by atoms with Crippen LogP contribution in [0.25, 0.3) is 0 Å². The Hall–Kier alpha value is -1.52. The second kappa shape index (κ2) is 4.54. The lowest BCUT2D eigenvalue weighted by molar-refractivity contribution is -0.116. The maximum atomic E-state index is 11.8. The maximum absolute atomic E-state index is 11.8. The Morgan fingerprint density at radius 1 is 1.37 bits per heavy atom. The smallest absolute Gasteiger partial charge is 0.226 e. The van der Waals surface area contributed by atoms with Crippen LogP contribution in [0.1, 0.15) is 23.5 Å². The molecule has 0 spiro atoms. The third-order valence-corrected chi connectivity index (χ3v) is 4.00. The number of carbonyl (C=O) groups is 1. The minimum atomic E-state index is -0.154. The lowest BCUT2D eigenvalue weighted by atomic mass is 9.87. The zero-order valence-electron chi connectivity index (χ0n) is 10.2. The van der Waals surface area contributed by atoms with Gasteiger partial charge in [0.1, 0.15) is 5.82 Å². The van der Waals surface area contributed by atoms with E-state index in [-0.39, 0.29) is 11.8 Å². The van der Waals surface area contributed by atoms with Gasteiger partial charge in [-0.25, -0.2) is 0 Å². The van der Waals surface area contributed by atoms with Gasteiger partial charge < -0.3 is 5.32 Å². The topological polar surface area (TPSA) is 46.9 Å². The van der Waals surface area contributed by atoms with Crippen molar-refractivity contribution in [1.82, 2.24) is 9.78 Å². The first-order valence-corrected chi connectivity index (χ1v) is 6.59. The first kappa shape index (κ1) is 12.5. The van der Waals surface area contributed by atoms with Crippen molar-refractivity contribution in [3.63, 3.8) is 0 Å². The van der Waals surface area contributed by atoms with Crippen LogP contribution < -0.4 is 5.32 Å². The Morgan fingerprint density at radius 2 is 2.05 bits per heavy atom. The number of aryl methyl sites for hydroxylation is 1.